The highest BCUT2D eigenvalue weighted by Crippen LogP contribution is 2.44. The van der Waals surface area contributed by atoms with Gasteiger partial charge in [0, 0.05) is 17.0 Å². The molecule has 1 fully saturated rings. The summed E-state index contributed by atoms with van der Waals surface area (Å²) in [7, 11) is 0. The molecule has 3 nitrogen and oxygen atoms in total. The van der Waals surface area contributed by atoms with Crippen molar-refractivity contribution in [3.63, 3.8) is 0 Å². The molecule has 1 aliphatic heterocycles. The van der Waals surface area contributed by atoms with Gasteiger partial charge >= 0.3 is 0 Å². The molecule has 1 aromatic carbocycles. The van der Waals surface area contributed by atoms with Gasteiger partial charge in [-0.2, -0.15) is 0 Å². The van der Waals surface area contributed by atoms with E-state index in [1.54, 1.807) is 0 Å². The number of carbonyl (C=O) groups is 1. The van der Waals surface area contributed by atoms with Crippen LogP contribution in [0.2, 0.25) is 5.02 Å². The molecule has 0 spiro atoms. The van der Waals surface area contributed by atoms with Crippen LogP contribution in [0.5, 0.6) is 0 Å². The van der Waals surface area contributed by atoms with Crippen LogP contribution in [0.25, 0.3) is 0 Å². The molecule has 4 heteroatoms. The summed E-state index contributed by atoms with van der Waals surface area (Å²) in [5.41, 5.74) is 5.70. The third kappa shape index (κ3) is 2.95. The number of rotatable bonds is 5. The molecule has 0 aromatic heterocycles. The fourth-order valence-electron chi connectivity index (χ4n) is 3.24. The summed E-state index contributed by atoms with van der Waals surface area (Å²) in [6.07, 6.45) is 2.39. The first-order chi connectivity index (χ1) is 9.79. The SMILES string of the molecule is CC(CN1CCCC1)(C(N)=O)C(C)(C)c1ccccc1Cl. The Morgan fingerprint density at radius 2 is 1.81 bits per heavy atom. The summed E-state index contributed by atoms with van der Waals surface area (Å²) < 4.78 is 0. The van der Waals surface area contributed by atoms with E-state index in [1.807, 2.05) is 31.2 Å². The van der Waals surface area contributed by atoms with E-state index in [0.717, 1.165) is 18.7 Å². The molecule has 1 atom stereocenters. The number of hydrogen-bond donors (Lipinski definition) is 1. The van der Waals surface area contributed by atoms with Crippen LogP contribution in [0.3, 0.4) is 0 Å². The summed E-state index contributed by atoms with van der Waals surface area (Å²) in [5.74, 6) is -0.265. The van der Waals surface area contributed by atoms with Gasteiger partial charge in [-0.05, 0) is 44.5 Å². The van der Waals surface area contributed by atoms with Crippen LogP contribution in [-0.2, 0) is 10.2 Å². The highest BCUT2D eigenvalue weighted by Gasteiger charge is 2.48. The van der Waals surface area contributed by atoms with E-state index >= 15 is 0 Å². The lowest BCUT2D eigenvalue weighted by Gasteiger charge is -2.44. The zero-order valence-corrected chi connectivity index (χ0v) is 13.9. The van der Waals surface area contributed by atoms with Crippen molar-refractivity contribution in [2.24, 2.45) is 11.1 Å². The molecule has 2 N–H and O–H groups in total. The Balaban J connectivity index is 2.39. The van der Waals surface area contributed by atoms with Gasteiger partial charge in [0.2, 0.25) is 5.91 Å². The van der Waals surface area contributed by atoms with Gasteiger partial charge in [-0.3, -0.25) is 4.79 Å². The molecule has 1 unspecified atom stereocenters. The summed E-state index contributed by atoms with van der Waals surface area (Å²) in [6.45, 7) is 8.87. The van der Waals surface area contributed by atoms with Crippen molar-refractivity contribution in [3.8, 4) is 0 Å². The van der Waals surface area contributed by atoms with Crippen LogP contribution in [0.15, 0.2) is 24.3 Å². The Morgan fingerprint density at radius 3 is 2.33 bits per heavy atom. The Bertz CT molecular complexity index is 523. The number of nitrogens with zero attached hydrogens (tertiary/aromatic N) is 1. The fraction of sp³-hybridized carbons (Fsp3) is 0.588. The van der Waals surface area contributed by atoms with Crippen molar-refractivity contribution in [3.05, 3.63) is 34.9 Å². The smallest absolute Gasteiger partial charge is 0.225 e. The molecule has 2 rings (SSSR count). The van der Waals surface area contributed by atoms with Crippen molar-refractivity contribution in [2.45, 2.75) is 39.0 Å². The summed E-state index contributed by atoms with van der Waals surface area (Å²) in [5, 5.41) is 0.691. The molecule has 21 heavy (non-hydrogen) atoms. The molecule has 1 amide bonds. The number of likely N-dealkylation sites (tertiary alicyclic amines) is 1. The van der Waals surface area contributed by atoms with Crippen LogP contribution in [0.4, 0.5) is 0 Å². The number of primary amides is 1. The van der Waals surface area contributed by atoms with Gasteiger partial charge in [-0.1, -0.05) is 43.6 Å². The third-order valence-electron chi connectivity index (χ3n) is 5.21. The van der Waals surface area contributed by atoms with Crippen LogP contribution in [-0.4, -0.2) is 30.4 Å². The van der Waals surface area contributed by atoms with Gasteiger partial charge in [0.25, 0.3) is 0 Å². The first kappa shape index (κ1) is 16.3. The van der Waals surface area contributed by atoms with Crippen LogP contribution in [0, 0.1) is 5.41 Å². The van der Waals surface area contributed by atoms with Crippen molar-refractivity contribution >= 4 is 17.5 Å². The van der Waals surface area contributed by atoms with Gasteiger partial charge in [0.15, 0.2) is 0 Å². The normalized spacial score (nSPS) is 19.4. The predicted molar refractivity (Wildman–Crippen MR) is 87.5 cm³/mol. The Kier molecular flexibility index (Phi) is 4.64. The lowest BCUT2D eigenvalue weighted by molar-refractivity contribution is -0.131. The maximum absolute atomic E-state index is 12.3. The highest BCUT2D eigenvalue weighted by molar-refractivity contribution is 6.31. The van der Waals surface area contributed by atoms with Crippen molar-refractivity contribution in [2.75, 3.05) is 19.6 Å². The Hall–Kier alpha value is -1.06. The van der Waals surface area contributed by atoms with E-state index in [0.29, 0.717) is 11.6 Å². The van der Waals surface area contributed by atoms with E-state index < -0.39 is 10.8 Å². The number of benzene rings is 1. The third-order valence-corrected chi connectivity index (χ3v) is 5.54. The number of amides is 1. The quantitative estimate of drug-likeness (QED) is 0.908. The topological polar surface area (TPSA) is 46.3 Å². The van der Waals surface area contributed by atoms with Crippen molar-refractivity contribution in [1.82, 2.24) is 4.90 Å². The zero-order valence-electron chi connectivity index (χ0n) is 13.2. The second-order valence-corrected chi connectivity index (χ2v) is 7.19. The molecule has 1 heterocycles. The first-order valence-electron chi connectivity index (χ1n) is 7.56. The number of nitrogens with two attached hydrogens (primary N) is 1. The van der Waals surface area contributed by atoms with Gasteiger partial charge in [-0.15, -0.1) is 0 Å². The summed E-state index contributed by atoms with van der Waals surface area (Å²) >= 11 is 6.37. The van der Waals surface area contributed by atoms with Gasteiger partial charge < -0.3 is 10.6 Å². The van der Waals surface area contributed by atoms with Crippen LogP contribution >= 0.6 is 11.6 Å². The maximum atomic E-state index is 12.3. The molecular formula is C17H25ClN2O. The van der Waals surface area contributed by atoms with Crippen molar-refractivity contribution in [1.29, 1.82) is 0 Å². The predicted octanol–water partition coefficient (Wildman–Crippen LogP) is 3.21. The lowest BCUT2D eigenvalue weighted by Crippen LogP contribution is -2.54. The monoisotopic (exact) mass is 308 g/mol. The van der Waals surface area contributed by atoms with E-state index in [1.165, 1.54) is 12.8 Å². The molecule has 0 aliphatic carbocycles. The van der Waals surface area contributed by atoms with E-state index in [-0.39, 0.29) is 5.91 Å². The Labute approximate surface area is 132 Å². The second kappa shape index (κ2) is 5.98. The molecule has 116 valence electrons. The number of hydrogen-bond acceptors (Lipinski definition) is 2. The Morgan fingerprint density at radius 1 is 1.24 bits per heavy atom. The van der Waals surface area contributed by atoms with Crippen molar-refractivity contribution < 1.29 is 4.79 Å². The van der Waals surface area contributed by atoms with Gasteiger partial charge in [0.05, 0.1) is 5.41 Å². The van der Waals surface area contributed by atoms with Gasteiger partial charge in [-0.25, -0.2) is 0 Å². The first-order valence-corrected chi connectivity index (χ1v) is 7.94. The molecule has 1 aromatic rings. The highest BCUT2D eigenvalue weighted by atomic mass is 35.5. The minimum Gasteiger partial charge on any atom is -0.369 e. The van der Waals surface area contributed by atoms with Crippen LogP contribution < -0.4 is 5.73 Å². The average Bonchev–Trinajstić information content (AvgIpc) is 2.91. The number of carbonyl (C=O) groups excluding carboxylic acids is 1. The lowest BCUT2D eigenvalue weighted by atomic mass is 9.62. The zero-order chi connectivity index (χ0) is 15.7. The second-order valence-electron chi connectivity index (χ2n) is 6.78. The fourth-order valence-corrected chi connectivity index (χ4v) is 3.61. The van der Waals surface area contributed by atoms with E-state index in [2.05, 4.69) is 18.7 Å². The molecular weight excluding hydrogens is 284 g/mol. The minimum atomic E-state index is -0.664. The van der Waals surface area contributed by atoms with E-state index in [9.17, 15) is 4.79 Å². The molecule has 0 bridgehead atoms. The number of halogens is 1. The molecule has 1 aliphatic rings. The standard InChI is InChI=1S/C17H25ClN2O/c1-16(2,13-8-4-5-9-14(13)18)17(3,15(19)21)12-20-10-6-7-11-20/h4-5,8-9H,6-7,10-12H2,1-3H3,(H2,19,21). The van der Waals surface area contributed by atoms with Crippen LogP contribution in [0.1, 0.15) is 39.2 Å². The molecule has 1 saturated heterocycles. The van der Waals surface area contributed by atoms with E-state index in [4.69, 9.17) is 17.3 Å². The summed E-state index contributed by atoms with van der Waals surface area (Å²) in [4.78, 5) is 14.6. The average molecular weight is 309 g/mol. The molecule has 0 saturated carbocycles. The largest absolute Gasteiger partial charge is 0.369 e. The maximum Gasteiger partial charge on any atom is 0.225 e. The molecule has 0 radical (unpaired) electrons. The summed E-state index contributed by atoms with van der Waals surface area (Å²) in [6, 6.07) is 7.73. The van der Waals surface area contributed by atoms with Gasteiger partial charge in [0.1, 0.15) is 0 Å². The minimum absolute atomic E-state index is 0.265.